The number of nitrogens with two attached hydrogens (primary N) is 1. The van der Waals surface area contributed by atoms with Crippen LogP contribution in [0.25, 0.3) is 0 Å². The van der Waals surface area contributed by atoms with Gasteiger partial charge in [0.25, 0.3) is 0 Å². The van der Waals surface area contributed by atoms with Crippen LogP contribution in [0.1, 0.15) is 40.8 Å². The fourth-order valence-electron chi connectivity index (χ4n) is 2.54. The van der Waals surface area contributed by atoms with Gasteiger partial charge in [0.2, 0.25) is 0 Å². The first kappa shape index (κ1) is 13.5. The maximum absolute atomic E-state index is 6.31. The highest BCUT2D eigenvalue weighted by atomic mass is 32.1. The van der Waals surface area contributed by atoms with Crippen molar-refractivity contribution in [3.05, 3.63) is 45.6 Å². The standard InChI is InChI=1S/C16H19NO2S/c1-3-11-5-7-16(20-11)15-9-13(17)12-8-10(18-2)4-6-14(12)19-15/h4-8,13,15H,3,9,17H2,1-2H3/t13-,15?/m1/s1. The molecule has 1 aliphatic rings. The molecule has 2 atom stereocenters. The molecule has 2 aromatic rings. The first-order valence-electron chi connectivity index (χ1n) is 6.90. The third kappa shape index (κ3) is 2.41. The van der Waals surface area contributed by atoms with Crippen molar-refractivity contribution in [2.75, 3.05) is 7.11 Å². The van der Waals surface area contributed by atoms with Gasteiger partial charge in [0, 0.05) is 27.8 Å². The zero-order valence-electron chi connectivity index (χ0n) is 11.8. The van der Waals surface area contributed by atoms with Gasteiger partial charge >= 0.3 is 0 Å². The molecule has 0 bridgehead atoms. The summed E-state index contributed by atoms with van der Waals surface area (Å²) in [7, 11) is 1.66. The smallest absolute Gasteiger partial charge is 0.135 e. The maximum atomic E-state index is 6.31. The Morgan fingerprint density at radius 2 is 2.20 bits per heavy atom. The molecule has 0 saturated heterocycles. The van der Waals surface area contributed by atoms with Crippen LogP contribution in [0.5, 0.6) is 11.5 Å². The third-order valence-electron chi connectivity index (χ3n) is 3.70. The van der Waals surface area contributed by atoms with E-state index in [1.807, 2.05) is 29.5 Å². The van der Waals surface area contributed by atoms with Gasteiger partial charge in [-0.25, -0.2) is 0 Å². The summed E-state index contributed by atoms with van der Waals surface area (Å²) in [4.78, 5) is 2.65. The molecule has 3 rings (SSSR count). The van der Waals surface area contributed by atoms with Crippen LogP contribution in [0.15, 0.2) is 30.3 Å². The van der Waals surface area contributed by atoms with E-state index < -0.39 is 0 Å². The number of ether oxygens (including phenoxy) is 2. The van der Waals surface area contributed by atoms with Crippen molar-refractivity contribution in [2.45, 2.75) is 31.9 Å². The second-order valence-electron chi connectivity index (χ2n) is 5.01. The van der Waals surface area contributed by atoms with Gasteiger partial charge in [-0.3, -0.25) is 0 Å². The molecule has 0 saturated carbocycles. The molecule has 2 heterocycles. The molecule has 1 aromatic carbocycles. The summed E-state index contributed by atoms with van der Waals surface area (Å²) in [6, 6.07) is 10.2. The molecule has 106 valence electrons. The minimum Gasteiger partial charge on any atom is -0.497 e. The summed E-state index contributed by atoms with van der Waals surface area (Å²) < 4.78 is 11.4. The van der Waals surface area contributed by atoms with Crippen LogP contribution in [0.2, 0.25) is 0 Å². The van der Waals surface area contributed by atoms with E-state index in [0.717, 1.165) is 29.9 Å². The summed E-state index contributed by atoms with van der Waals surface area (Å²) >= 11 is 1.82. The van der Waals surface area contributed by atoms with Gasteiger partial charge in [-0.2, -0.15) is 0 Å². The molecule has 1 aromatic heterocycles. The fraction of sp³-hybridized carbons (Fsp3) is 0.375. The number of thiophene rings is 1. The average Bonchev–Trinajstić information content (AvgIpc) is 2.96. The lowest BCUT2D eigenvalue weighted by atomic mass is 9.96. The van der Waals surface area contributed by atoms with Gasteiger partial charge in [-0.05, 0) is 36.8 Å². The van der Waals surface area contributed by atoms with E-state index in [1.165, 1.54) is 9.75 Å². The van der Waals surface area contributed by atoms with Crippen LogP contribution < -0.4 is 15.2 Å². The number of hydrogen-bond acceptors (Lipinski definition) is 4. The van der Waals surface area contributed by atoms with E-state index in [4.69, 9.17) is 15.2 Å². The zero-order valence-corrected chi connectivity index (χ0v) is 12.6. The SMILES string of the molecule is CCc1ccc(C2C[C@@H](N)c3cc(OC)ccc3O2)s1. The second-order valence-corrected chi connectivity index (χ2v) is 6.21. The number of hydrogen-bond donors (Lipinski definition) is 1. The van der Waals surface area contributed by atoms with Crippen molar-refractivity contribution in [3.63, 3.8) is 0 Å². The molecule has 0 aliphatic carbocycles. The third-order valence-corrected chi connectivity index (χ3v) is 5.02. The van der Waals surface area contributed by atoms with E-state index in [0.29, 0.717) is 0 Å². The Balaban J connectivity index is 1.88. The highest BCUT2D eigenvalue weighted by Gasteiger charge is 2.28. The molecule has 0 fully saturated rings. The number of methoxy groups -OCH3 is 1. The molecule has 0 amide bonds. The van der Waals surface area contributed by atoms with Crippen molar-refractivity contribution in [2.24, 2.45) is 5.73 Å². The zero-order chi connectivity index (χ0) is 14.1. The van der Waals surface area contributed by atoms with Crippen molar-refractivity contribution in [3.8, 4) is 11.5 Å². The Morgan fingerprint density at radius 3 is 2.90 bits per heavy atom. The van der Waals surface area contributed by atoms with Crippen molar-refractivity contribution in [1.29, 1.82) is 0 Å². The number of benzene rings is 1. The Labute approximate surface area is 123 Å². The monoisotopic (exact) mass is 289 g/mol. The van der Waals surface area contributed by atoms with Crippen molar-refractivity contribution < 1.29 is 9.47 Å². The van der Waals surface area contributed by atoms with Gasteiger partial charge in [0.15, 0.2) is 0 Å². The van der Waals surface area contributed by atoms with Crippen LogP contribution in [0.3, 0.4) is 0 Å². The molecular weight excluding hydrogens is 270 g/mol. The minimum atomic E-state index is -0.00831. The van der Waals surface area contributed by atoms with Crippen LogP contribution >= 0.6 is 11.3 Å². The molecule has 1 aliphatic heterocycles. The Kier molecular flexibility index (Phi) is 3.68. The summed E-state index contributed by atoms with van der Waals surface area (Å²) in [5.74, 6) is 1.70. The highest BCUT2D eigenvalue weighted by molar-refractivity contribution is 7.12. The maximum Gasteiger partial charge on any atom is 0.135 e. The van der Waals surface area contributed by atoms with Crippen LogP contribution in [-0.4, -0.2) is 7.11 Å². The minimum absolute atomic E-state index is 0.00831. The fourth-order valence-corrected chi connectivity index (χ4v) is 3.54. The first-order valence-corrected chi connectivity index (χ1v) is 7.71. The van der Waals surface area contributed by atoms with E-state index >= 15 is 0 Å². The largest absolute Gasteiger partial charge is 0.497 e. The van der Waals surface area contributed by atoms with E-state index in [-0.39, 0.29) is 12.1 Å². The molecule has 1 unspecified atom stereocenters. The number of aryl methyl sites for hydroxylation is 1. The van der Waals surface area contributed by atoms with Gasteiger partial charge < -0.3 is 15.2 Å². The first-order chi connectivity index (χ1) is 9.71. The Morgan fingerprint density at radius 1 is 1.35 bits per heavy atom. The normalized spacial score (nSPS) is 21.1. The topological polar surface area (TPSA) is 44.5 Å². The van der Waals surface area contributed by atoms with E-state index in [2.05, 4.69) is 19.1 Å². The predicted octanol–water partition coefficient (Wildman–Crippen LogP) is 3.84. The highest BCUT2D eigenvalue weighted by Crippen LogP contribution is 2.42. The molecule has 0 radical (unpaired) electrons. The van der Waals surface area contributed by atoms with Crippen molar-refractivity contribution >= 4 is 11.3 Å². The molecule has 20 heavy (non-hydrogen) atoms. The van der Waals surface area contributed by atoms with Crippen LogP contribution in [0, 0.1) is 0 Å². The van der Waals surface area contributed by atoms with Gasteiger partial charge in [0.1, 0.15) is 17.6 Å². The van der Waals surface area contributed by atoms with Crippen molar-refractivity contribution in [1.82, 2.24) is 0 Å². The average molecular weight is 289 g/mol. The molecule has 3 nitrogen and oxygen atoms in total. The van der Waals surface area contributed by atoms with Gasteiger partial charge in [-0.15, -0.1) is 11.3 Å². The lowest BCUT2D eigenvalue weighted by Crippen LogP contribution is -2.23. The second kappa shape index (κ2) is 5.46. The Bertz CT molecular complexity index is 608. The lowest BCUT2D eigenvalue weighted by molar-refractivity contribution is 0.164. The van der Waals surface area contributed by atoms with E-state index in [9.17, 15) is 0 Å². The lowest BCUT2D eigenvalue weighted by Gasteiger charge is -2.30. The molecule has 0 spiro atoms. The van der Waals surface area contributed by atoms with E-state index in [1.54, 1.807) is 7.11 Å². The summed E-state index contributed by atoms with van der Waals surface area (Å²) in [6.45, 7) is 2.17. The van der Waals surface area contributed by atoms with Crippen LogP contribution in [0.4, 0.5) is 0 Å². The predicted molar refractivity (Wildman–Crippen MR) is 81.6 cm³/mol. The van der Waals surface area contributed by atoms with Gasteiger partial charge in [0.05, 0.1) is 7.11 Å². The molecule has 2 N–H and O–H groups in total. The quantitative estimate of drug-likeness (QED) is 0.933. The summed E-state index contributed by atoms with van der Waals surface area (Å²) in [5, 5.41) is 0. The number of rotatable bonds is 3. The van der Waals surface area contributed by atoms with Crippen LogP contribution in [-0.2, 0) is 6.42 Å². The molecule has 4 heteroatoms. The summed E-state index contributed by atoms with van der Waals surface area (Å²) in [5.41, 5.74) is 7.34. The number of fused-ring (bicyclic) bond motifs is 1. The molecular formula is C16H19NO2S. The summed E-state index contributed by atoms with van der Waals surface area (Å²) in [6.07, 6.45) is 1.94. The Hall–Kier alpha value is -1.52. The van der Waals surface area contributed by atoms with Gasteiger partial charge in [-0.1, -0.05) is 6.92 Å².